The molecule has 0 bridgehead atoms. The molecule has 19 heavy (non-hydrogen) atoms. The van der Waals surface area contributed by atoms with Crippen LogP contribution in [0.3, 0.4) is 0 Å². The number of nitrogens with one attached hydrogen (secondary N) is 1. The standard InChI is InChI=1S/C15H18N2O2/c16-15(9-1-2-10-15)14(19)17-13-7-5-12(6-8-13)4-3-11-18/h3-8,11H,1-2,9-10,16H2,(H,17,19)/b4-3+. The summed E-state index contributed by atoms with van der Waals surface area (Å²) in [6.07, 6.45) is 7.39. The number of carbonyl (C=O) groups is 2. The molecule has 1 aromatic rings. The minimum Gasteiger partial charge on any atom is -0.324 e. The van der Waals surface area contributed by atoms with Gasteiger partial charge in [-0.15, -0.1) is 0 Å². The molecule has 0 atom stereocenters. The highest BCUT2D eigenvalue weighted by Crippen LogP contribution is 2.28. The van der Waals surface area contributed by atoms with Crippen molar-refractivity contribution in [2.24, 2.45) is 5.73 Å². The molecule has 1 saturated carbocycles. The lowest BCUT2D eigenvalue weighted by atomic mass is 9.98. The number of hydrogen-bond acceptors (Lipinski definition) is 3. The quantitative estimate of drug-likeness (QED) is 0.641. The van der Waals surface area contributed by atoms with Crippen molar-refractivity contribution in [2.45, 2.75) is 31.2 Å². The molecule has 0 heterocycles. The van der Waals surface area contributed by atoms with E-state index in [0.717, 1.165) is 43.2 Å². The van der Waals surface area contributed by atoms with Crippen LogP contribution in [0.4, 0.5) is 5.69 Å². The van der Waals surface area contributed by atoms with E-state index in [4.69, 9.17) is 5.73 Å². The molecule has 1 aliphatic rings. The number of amides is 1. The average Bonchev–Trinajstić information content (AvgIpc) is 2.86. The normalized spacial score (nSPS) is 17.5. The van der Waals surface area contributed by atoms with Crippen molar-refractivity contribution in [1.29, 1.82) is 0 Å². The summed E-state index contributed by atoms with van der Waals surface area (Å²) in [4.78, 5) is 22.3. The molecule has 4 heteroatoms. The molecular formula is C15H18N2O2. The molecule has 1 aromatic carbocycles. The van der Waals surface area contributed by atoms with Crippen molar-refractivity contribution in [2.75, 3.05) is 5.32 Å². The molecule has 0 spiro atoms. The lowest BCUT2D eigenvalue weighted by Gasteiger charge is -2.22. The molecule has 0 aliphatic heterocycles. The lowest BCUT2D eigenvalue weighted by molar-refractivity contribution is -0.121. The van der Waals surface area contributed by atoms with Crippen molar-refractivity contribution < 1.29 is 9.59 Å². The second-order valence-electron chi connectivity index (χ2n) is 4.93. The van der Waals surface area contributed by atoms with Crippen LogP contribution in [0.15, 0.2) is 30.3 Å². The van der Waals surface area contributed by atoms with E-state index in [1.807, 2.05) is 12.1 Å². The van der Waals surface area contributed by atoms with E-state index in [0.29, 0.717) is 0 Å². The van der Waals surface area contributed by atoms with Crippen molar-refractivity contribution >= 4 is 24.0 Å². The van der Waals surface area contributed by atoms with Crippen LogP contribution in [0.2, 0.25) is 0 Å². The van der Waals surface area contributed by atoms with E-state index in [9.17, 15) is 9.59 Å². The first-order valence-electron chi connectivity index (χ1n) is 6.46. The molecule has 1 aliphatic carbocycles. The van der Waals surface area contributed by atoms with Gasteiger partial charge in [0.1, 0.15) is 6.29 Å². The van der Waals surface area contributed by atoms with Gasteiger partial charge in [-0.3, -0.25) is 9.59 Å². The maximum Gasteiger partial charge on any atom is 0.244 e. The zero-order valence-electron chi connectivity index (χ0n) is 10.8. The molecule has 3 N–H and O–H groups in total. The van der Waals surface area contributed by atoms with Crippen molar-refractivity contribution in [3.05, 3.63) is 35.9 Å². The van der Waals surface area contributed by atoms with Crippen LogP contribution in [-0.2, 0) is 9.59 Å². The third kappa shape index (κ3) is 3.29. The van der Waals surface area contributed by atoms with Crippen LogP contribution >= 0.6 is 0 Å². The second-order valence-corrected chi connectivity index (χ2v) is 4.93. The van der Waals surface area contributed by atoms with Gasteiger partial charge < -0.3 is 11.1 Å². The summed E-state index contributed by atoms with van der Waals surface area (Å²) >= 11 is 0. The third-order valence-corrected chi connectivity index (χ3v) is 3.48. The highest BCUT2D eigenvalue weighted by molar-refractivity contribution is 5.98. The second kappa shape index (κ2) is 5.80. The Hall–Kier alpha value is -1.94. The number of rotatable bonds is 4. The van der Waals surface area contributed by atoms with Gasteiger partial charge in [0.25, 0.3) is 0 Å². The van der Waals surface area contributed by atoms with Gasteiger partial charge in [0.15, 0.2) is 0 Å². The van der Waals surface area contributed by atoms with Crippen LogP contribution < -0.4 is 11.1 Å². The number of carbonyl (C=O) groups excluding carboxylic acids is 2. The maximum absolute atomic E-state index is 12.1. The van der Waals surface area contributed by atoms with E-state index < -0.39 is 5.54 Å². The third-order valence-electron chi connectivity index (χ3n) is 3.48. The van der Waals surface area contributed by atoms with Gasteiger partial charge >= 0.3 is 0 Å². The zero-order valence-corrected chi connectivity index (χ0v) is 10.8. The van der Waals surface area contributed by atoms with Gasteiger partial charge in [0.2, 0.25) is 5.91 Å². The number of aldehydes is 1. The van der Waals surface area contributed by atoms with Crippen LogP contribution in [0.5, 0.6) is 0 Å². The van der Waals surface area contributed by atoms with Crippen LogP contribution in [0.25, 0.3) is 6.08 Å². The SMILES string of the molecule is NC1(C(=O)Nc2ccc(/C=C/C=O)cc2)CCCC1. The van der Waals surface area contributed by atoms with Crippen molar-refractivity contribution in [3.8, 4) is 0 Å². The molecule has 1 fully saturated rings. The fraction of sp³-hybridized carbons (Fsp3) is 0.333. The minimum atomic E-state index is -0.712. The van der Waals surface area contributed by atoms with E-state index >= 15 is 0 Å². The van der Waals surface area contributed by atoms with Crippen LogP contribution in [-0.4, -0.2) is 17.7 Å². The van der Waals surface area contributed by atoms with Crippen molar-refractivity contribution in [1.82, 2.24) is 0 Å². The maximum atomic E-state index is 12.1. The first-order valence-corrected chi connectivity index (χ1v) is 6.46. The molecule has 1 amide bonds. The molecule has 4 nitrogen and oxygen atoms in total. The molecule has 0 radical (unpaired) electrons. The smallest absolute Gasteiger partial charge is 0.244 e. The Kier molecular flexibility index (Phi) is 4.12. The highest BCUT2D eigenvalue weighted by atomic mass is 16.2. The summed E-state index contributed by atoms with van der Waals surface area (Å²) in [5.74, 6) is -0.110. The molecule has 0 aromatic heterocycles. The topological polar surface area (TPSA) is 72.2 Å². The fourth-order valence-electron chi connectivity index (χ4n) is 2.32. The Bertz CT molecular complexity index is 485. The summed E-state index contributed by atoms with van der Waals surface area (Å²) in [5, 5.41) is 2.85. The van der Waals surface area contributed by atoms with Crippen LogP contribution in [0.1, 0.15) is 31.2 Å². The zero-order chi connectivity index (χ0) is 13.7. The molecular weight excluding hydrogens is 240 g/mol. The minimum absolute atomic E-state index is 0.110. The molecule has 100 valence electrons. The Morgan fingerprint density at radius 2 is 1.84 bits per heavy atom. The van der Waals surface area contributed by atoms with Gasteiger partial charge in [-0.2, -0.15) is 0 Å². The summed E-state index contributed by atoms with van der Waals surface area (Å²) in [7, 11) is 0. The van der Waals surface area contributed by atoms with Gasteiger partial charge in [-0.25, -0.2) is 0 Å². The highest BCUT2D eigenvalue weighted by Gasteiger charge is 2.36. The van der Waals surface area contributed by atoms with Crippen molar-refractivity contribution in [3.63, 3.8) is 0 Å². The first-order chi connectivity index (χ1) is 9.14. The van der Waals surface area contributed by atoms with Gasteiger partial charge in [-0.1, -0.05) is 31.1 Å². The Balaban J connectivity index is 2.01. The summed E-state index contributed by atoms with van der Waals surface area (Å²) in [5.41, 5.74) is 7.01. The summed E-state index contributed by atoms with van der Waals surface area (Å²) in [6, 6.07) is 7.29. The average molecular weight is 258 g/mol. The monoisotopic (exact) mass is 258 g/mol. The summed E-state index contributed by atoms with van der Waals surface area (Å²) < 4.78 is 0. The number of anilines is 1. The Morgan fingerprint density at radius 3 is 2.42 bits per heavy atom. The van der Waals surface area contributed by atoms with Crippen LogP contribution in [0, 0.1) is 0 Å². The molecule has 2 rings (SSSR count). The Morgan fingerprint density at radius 1 is 1.21 bits per heavy atom. The Labute approximate surface area is 112 Å². The predicted molar refractivity (Wildman–Crippen MR) is 75.6 cm³/mol. The largest absolute Gasteiger partial charge is 0.324 e. The molecule has 0 unspecified atom stereocenters. The lowest BCUT2D eigenvalue weighted by Crippen LogP contribution is -2.48. The predicted octanol–water partition coefficient (Wildman–Crippen LogP) is 2.11. The van der Waals surface area contributed by atoms with E-state index in [2.05, 4.69) is 5.32 Å². The van der Waals surface area contributed by atoms with E-state index in [-0.39, 0.29) is 5.91 Å². The van der Waals surface area contributed by atoms with E-state index in [1.165, 1.54) is 6.08 Å². The number of allylic oxidation sites excluding steroid dienone is 1. The number of hydrogen-bond donors (Lipinski definition) is 2. The first kappa shape index (κ1) is 13.5. The number of benzene rings is 1. The van der Waals surface area contributed by atoms with Gasteiger partial charge in [0, 0.05) is 5.69 Å². The number of nitrogens with two attached hydrogens (primary N) is 1. The molecule has 0 saturated heterocycles. The van der Waals surface area contributed by atoms with E-state index in [1.54, 1.807) is 18.2 Å². The van der Waals surface area contributed by atoms with Gasteiger partial charge in [-0.05, 0) is 36.6 Å². The van der Waals surface area contributed by atoms with Gasteiger partial charge in [0.05, 0.1) is 5.54 Å². The fourth-order valence-corrected chi connectivity index (χ4v) is 2.32. The summed E-state index contributed by atoms with van der Waals surface area (Å²) in [6.45, 7) is 0.